The molecule has 0 radical (unpaired) electrons. The Morgan fingerprint density at radius 1 is 1.03 bits per heavy atom. The van der Waals surface area contributed by atoms with E-state index in [-0.39, 0.29) is 11.7 Å². The zero-order valence-electron chi connectivity index (χ0n) is 16.7. The van der Waals surface area contributed by atoms with Crippen molar-refractivity contribution in [2.45, 2.75) is 0 Å². The minimum atomic E-state index is -0.378. The molecular weight excluding hydrogens is 500 g/mol. The third-order valence-corrected chi connectivity index (χ3v) is 7.74. The SMILES string of the molecule is Nc1c(C(=O)Nc2ccc(Cl)c(Cl)c2)sc2nc(-c3cccs3)cc(-c3ccc(F)cc3)c12. The molecule has 164 valence electrons. The quantitative estimate of drug-likeness (QED) is 0.256. The minimum absolute atomic E-state index is 0.317. The summed E-state index contributed by atoms with van der Waals surface area (Å²) in [5, 5.41) is 6.17. The molecule has 0 aliphatic carbocycles. The molecule has 0 saturated heterocycles. The van der Waals surface area contributed by atoms with Crippen molar-refractivity contribution in [3.63, 3.8) is 0 Å². The van der Waals surface area contributed by atoms with E-state index in [2.05, 4.69) is 5.32 Å². The third kappa shape index (κ3) is 4.20. The van der Waals surface area contributed by atoms with Crippen molar-refractivity contribution in [2.24, 2.45) is 0 Å². The number of nitrogens with one attached hydrogen (secondary N) is 1. The van der Waals surface area contributed by atoms with Crippen LogP contribution < -0.4 is 11.1 Å². The van der Waals surface area contributed by atoms with Crippen LogP contribution in [0.15, 0.2) is 66.0 Å². The number of hydrogen-bond acceptors (Lipinski definition) is 5. The molecule has 1 amide bonds. The molecule has 0 bridgehead atoms. The number of pyridine rings is 1. The molecule has 5 aromatic rings. The first kappa shape index (κ1) is 21.9. The van der Waals surface area contributed by atoms with Gasteiger partial charge in [0.05, 0.1) is 26.3 Å². The van der Waals surface area contributed by atoms with Crippen molar-refractivity contribution < 1.29 is 9.18 Å². The first-order valence-electron chi connectivity index (χ1n) is 9.70. The van der Waals surface area contributed by atoms with Crippen LogP contribution >= 0.6 is 45.9 Å². The van der Waals surface area contributed by atoms with Crippen LogP contribution in [0.25, 0.3) is 31.9 Å². The molecule has 0 fully saturated rings. The summed E-state index contributed by atoms with van der Waals surface area (Å²) in [5.74, 6) is -0.709. The number of fused-ring (bicyclic) bond motifs is 1. The molecule has 9 heteroatoms. The van der Waals surface area contributed by atoms with Crippen molar-refractivity contribution in [3.05, 3.63) is 86.8 Å². The van der Waals surface area contributed by atoms with Gasteiger partial charge in [0.15, 0.2) is 0 Å². The van der Waals surface area contributed by atoms with Crippen molar-refractivity contribution >= 4 is 73.4 Å². The van der Waals surface area contributed by atoms with Crippen LogP contribution in [-0.2, 0) is 0 Å². The van der Waals surface area contributed by atoms with E-state index in [1.165, 1.54) is 23.5 Å². The topological polar surface area (TPSA) is 68.0 Å². The van der Waals surface area contributed by atoms with Crippen LogP contribution in [0.3, 0.4) is 0 Å². The highest BCUT2D eigenvalue weighted by Crippen LogP contribution is 2.42. The van der Waals surface area contributed by atoms with Crippen LogP contribution in [0.1, 0.15) is 9.67 Å². The Balaban J connectivity index is 1.65. The largest absolute Gasteiger partial charge is 0.397 e. The zero-order valence-corrected chi connectivity index (χ0v) is 19.9. The maximum absolute atomic E-state index is 13.6. The molecule has 3 N–H and O–H groups in total. The molecule has 3 aromatic heterocycles. The van der Waals surface area contributed by atoms with Crippen molar-refractivity contribution in [1.29, 1.82) is 0 Å². The van der Waals surface area contributed by atoms with Crippen molar-refractivity contribution in [2.75, 3.05) is 11.1 Å². The number of hydrogen-bond donors (Lipinski definition) is 2. The molecule has 0 atom stereocenters. The molecular formula is C24H14Cl2FN3OS2. The average Bonchev–Trinajstić information content (AvgIpc) is 3.45. The zero-order chi connectivity index (χ0) is 23.1. The molecule has 5 rings (SSSR count). The maximum Gasteiger partial charge on any atom is 0.267 e. The summed E-state index contributed by atoms with van der Waals surface area (Å²) in [6.45, 7) is 0. The van der Waals surface area contributed by atoms with Crippen molar-refractivity contribution in [1.82, 2.24) is 4.98 Å². The van der Waals surface area contributed by atoms with Gasteiger partial charge in [-0.15, -0.1) is 22.7 Å². The predicted molar refractivity (Wildman–Crippen MR) is 137 cm³/mol. The fourth-order valence-electron chi connectivity index (χ4n) is 3.46. The van der Waals surface area contributed by atoms with E-state index in [1.807, 2.05) is 23.6 Å². The second-order valence-electron chi connectivity index (χ2n) is 7.15. The van der Waals surface area contributed by atoms with E-state index >= 15 is 0 Å². The summed E-state index contributed by atoms with van der Waals surface area (Å²) in [7, 11) is 0. The van der Waals surface area contributed by atoms with Gasteiger partial charge in [0, 0.05) is 11.1 Å². The summed E-state index contributed by atoms with van der Waals surface area (Å²) < 4.78 is 13.6. The van der Waals surface area contributed by atoms with E-state index in [0.29, 0.717) is 36.5 Å². The number of rotatable bonds is 4. The standard InChI is InChI=1S/C24H14Cl2FN3OS2/c25-16-8-7-14(10-17(16)26)29-23(31)22-21(28)20-15(12-3-5-13(27)6-4-12)11-18(30-24(20)33-22)19-2-1-9-32-19/h1-11H,28H2,(H,29,31). The first-order valence-corrected chi connectivity index (χ1v) is 12.1. The third-order valence-electron chi connectivity index (χ3n) is 5.01. The van der Waals surface area contributed by atoms with Gasteiger partial charge in [-0.25, -0.2) is 9.37 Å². The molecule has 0 unspecified atom stereocenters. The fourth-order valence-corrected chi connectivity index (χ4v) is 5.46. The number of halogens is 3. The van der Waals surface area contributed by atoms with Gasteiger partial charge in [0.25, 0.3) is 5.91 Å². The number of nitrogens with zero attached hydrogens (tertiary/aromatic N) is 1. The smallest absolute Gasteiger partial charge is 0.267 e. The van der Waals surface area contributed by atoms with E-state index < -0.39 is 0 Å². The van der Waals surface area contributed by atoms with Gasteiger partial charge in [-0.05, 0) is 59.0 Å². The van der Waals surface area contributed by atoms with Crippen LogP contribution in [0, 0.1) is 5.82 Å². The number of aromatic nitrogens is 1. The Morgan fingerprint density at radius 3 is 2.52 bits per heavy atom. The Bertz CT molecular complexity index is 1500. The number of amides is 1. The van der Waals surface area contributed by atoms with Gasteiger partial charge in [-0.3, -0.25) is 4.79 Å². The van der Waals surface area contributed by atoms with Gasteiger partial charge in [0.2, 0.25) is 0 Å². The summed E-state index contributed by atoms with van der Waals surface area (Å²) in [6, 6.07) is 16.9. The highest BCUT2D eigenvalue weighted by atomic mass is 35.5. The van der Waals surface area contributed by atoms with Crippen molar-refractivity contribution in [3.8, 4) is 21.7 Å². The molecule has 2 aromatic carbocycles. The number of carbonyl (C=O) groups is 1. The molecule has 0 aliphatic heterocycles. The lowest BCUT2D eigenvalue weighted by atomic mass is 10.0. The number of benzene rings is 2. The van der Waals surface area contributed by atoms with Gasteiger partial charge in [-0.1, -0.05) is 41.4 Å². The van der Waals surface area contributed by atoms with E-state index in [4.69, 9.17) is 33.9 Å². The second-order valence-corrected chi connectivity index (χ2v) is 9.91. The van der Waals surface area contributed by atoms with Crippen LogP contribution in [-0.4, -0.2) is 10.9 Å². The molecule has 4 nitrogen and oxygen atoms in total. The van der Waals surface area contributed by atoms with Gasteiger partial charge >= 0.3 is 0 Å². The average molecular weight is 514 g/mol. The molecule has 3 heterocycles. The number of anilines is 2. The summed E-state index contributed by atoms with van der Waals surface area (Å²) in [6.07, 6.45) is 0. The number of carbonyl (C=O) groups excluding carboxylic acids is 1. The molecule has 0 saturated carbocycles. The molecule has 0 aliphatic rings. The minimum Gasteiger partial charge on any atom is -0.397 e. The molecule has 0 spiro atoms. The normalized spacial score (nSPS) is 11.1. The fraction of sp³-hybridized carbons (Fsp3) is 0. The number of thiophene rings is 2. The van der Waals surface area contributed by atoms with E-state index in [1.54, 1.807) is 41.7 Å². The Labute approximate surface area is 206 Å². The second kappa shape index (κ2) is 8.76. The van der Waals surface area contributed by atoms with E-state index in [0.717, 1.165) is 21.7 Å². The Hall–Kier alpha value is -2.97. The lowest BCUT2D eigenvalue weighted by Crippen LogP contribution is -2.11. The summed E-state index contributed by atoms with van der Waals surface area (Å²) in [5.41, 5.74) is 9.61. The Morgan fingerprint density at radius 2 is 1.82 bits per heavy atom. The van der Waals surface area contributed by atoms with Crippen LogP contribution in [0.4, 0.5) is 15.8 Å². The van der Waals surface area contributed by atoms with Gasteiger partial charge in [-0.2, -0.15) is 0 Å². The lowest BCUT2D eigenvalue weighted by molar-refractivity contribution is 0.103. The molecule has 33 heavy (non-hydrogen) atoms. The van der Waals surface area contributed by atoms with Gasteiger partial charge < -0.3 is 11.1 Å². The number of nitrogens with two attached hydrogens (primary N) is 1. The van der Waals surface area contributed by atoms with Gasteiger partial charge in [0.1, 0.15) is 15.5 Å². The monoisotopic (exact) mass is 513 g/mol. The van der Waals surface area contributed by atoms with Crippen LogP contribution in [0.5, 0.6) is 0 Å². The highest BCUT2D eigenvalue weighted by Gasteiger charge is 2.22. The van der Waals surface area contributed by atoms with Crippen LogP contribution in [0.2, 0.25) is 10.0 Å². The lowest BCUT2D eigenvalue weighted by Gasteiger charge is -2.08. The predicted octanol–water partition coefficient (Wildman–Crippen LogP) is 7.97. The Kier molecular flexibility index (Phi) is 5.80. The summed E-state index contributed by atoms with van der Waals surface area (Å²) >= 11 is 14.8. The number of nitrogen functional groups attached to an aromatic ring is 1. The van der Waals surface area contributed by atoms with E-state index in [9.17, 15) is 9.18 Å². The maximum atomic E-state index is 13.6. The summed E-state index contributed by atoms with van der Waals surface area (Å²) in [4.78, 5) is 19.8. The highest BCUT2D eigenvalue weighted by molar-refractivity contribution is 7.21. The first-order chi connectivity index (χ1) is 15.9.